The van der Waals surface area contributed by atoms with E-state index < -0.39 is 0 Å². The standard InChI is InChI=1S/C16H17N3O/c17-13-6-11(7-14(18)8-13)16(20)19-9-12-5-10-3-1-2-4-15(10)12/h1-4,6-8,12H,5,9,17-18H2,(H,19,20). The number of hydrogen-bond acceptors (Lipinski definition) is 3. The number of anilines is 2. The fraction of sp³-hybridized carbons (Fsp3) is 0.188. The summed E-state index contributed by atoms with van der Waals surface area (Å²) in [4.78, 5) is 12.1. The summed E-state index contributed by atoms with van der Waals surface area (Å²) in [5, 5.41) is 2.95. The third-order valence-electron chi connectivity index (χ3n) is 3.71. The van der Waals surface area contributed by atoms with Crippen LogP contribution in [-0.2, 0) is 6.42 Å². The van der Waals surface area contributed by atoms with Gasteiger partial charge in [-0.05, 0) is 35.7 Å². The second-order valence-electron chi connectivity index (χ2n) is 5.20. The smallest absolute Gasteiger partial charge is 0.251 e. The van der Waals surface area contributed by atoms with E-state index in [9.17, 15) is 4.79 Å². The van der Waals surface area contributed by atoms with Crippen molar-refractivity contribution in [3.05, 3.63) is 59.2 Å². The van der Waals surface area contributed by atoms with Crippen molar-refractivity contribution in [3.63, 3.8) is 0 Å². The molecule has 0 aliphatic heterocycles. The molecule has 1 aliphatic rings. The van der Waals surface area contributed by atoms with Crippen LogP contribution in [0.3, 0.4) is 0 Å². The van der Waals surface area contributed by atoms with Gasteiger partial charge in [0, 0.05) is 29.4 Å². The van der Waals surface area contributed by atoms with Crippen LogP contribution in [0.5, 0.6) is 0 Å². The molecule has 0 fully saturated rings. The first kappa shape index (κ1) is 12.5. The number of carbonyl (C=O) groups excluding carboxylic acids is 1. The van der Waals surface area contributed by atoms with E-state index in [1.54, 1.807) is 18.2 Å². The zero-order valence-corrected chi connectivity index (χ0v) is 11.1. The number of amides is 1. The fourth-order valence-corrected chi connectivity index (χ4v) is 2.67. The Hall–Kier alpha value is -2.49. The third kappa shape index (κ3) is 2.32. The molecule has 102 valence electrons. The van der Waals surface area contributed by atoms with Crippen LogP contribution in [0.2, 0.25) is 0 Å². The van der Waals surface area contributed by atoms with E-state index >= 15 is 0 Å². The van der Waals surface area contributed by atoms with Crippen LogP contribution in [-0.4, -0.2) is 12.5 Å². The van der Waals surface area contributed by atoms with Gasteiger partial charge >= 0.3 is 0 Å². The summed E-state index contributed by atoms with van der Waals surface area (Å²) in [5.74, 6) is 0.280. The molecule has 1 unspecified atom stereocenters. The Balaban J connectivity index is 1.64. The van der Waals surface area contributed by atoms with Crippen LogP contribution in [0.1, 0.15) is 27.4 Å². The molecule has 1 aliphatic carbocycles. The number of nitrogens with one attached hydrogen (secondary N) is 1. The highest BCUT2D eigenvalue weighted by atomic mass is 16.1. The molecule has 3 rings (SSSR count). The van der Waals surface area contributed by atoms with Crippen molar-refractivity contribution in [2.75, 3.05) is 18.0 Å². The van der Waals surface area contributed by atoms with Crippen LogP contribution in [0.4, 0.5) is 11.4 Å². The molecular formula is C16H17N3O. The zero-order valence-electron chi connectivity index (χ0n) is 11.1. The molecule has 4 nitrogen and oxygen atoms in total. The van der Waals surface area contributed by atoms with E-state index in [0.717, 1.165) is 6.42 Å². The van der Waals surface area contributed by atoms with Gasteiger partial charge in [-0.25, -0.2) is 0 Å². The van der Waals surface area contributed by atoms with Gasteiger partial charge in [-0.15, -0.1) is 0 Å². The van der Waals surface area contributed by atoms with Gasteiger partial charge in [0.1, 0.15) is 0 Å². The number of carbonyl (C=O) groups is 1. The van der Waals surface area contributed by atoms with Gasteiger partial charge in [0.25, 0.3) is 5.91 Å². The van der Waals surface area contributed by atoms with Crippen LogP contribution < -0.4 is 16.8 Å². The molecule has 5 N–H and O–H groups in total. The third-order valence-corrected chi connectivity index (χ3v) is 3.71. The number of hydrogen-bond donors (Lipinski definition) is 3. The maximum atomic E-state index is 12.1. The van der Waals surface area contributed by atoms with E-state index in [2.05, 4.69) is 17.4 Å². The molecule has 0 heterocycles. The minimum Gasteiger partial charge on any atom is -0.399 e. The zero-order chi connectivity index (χ0) is 14.1. The molecule has 0 spiro atoms. The topological polar surface area (TPSA) is 81.1 Å². The van der Waals surface area contributed by atoms with E-state index in [1.165, 1.54) is 11.1 Å². The highest BCUT2D eigenvalue weighted by molar-refractivity contribution is 5.96. The predicted molar refractivity (Wildman–Crippen MR) is 80.5 cm³/mol. The van der Waals surface area contributed by atoms with Gasteiger partial charge in [0.15, 0.2) is 0 Å². The molecular weight excluding hydrogens is 250 g/mol. The highest BCUT2D eigenvalue weighted by Crippen LogP contribution is 2.34. The normalized spacial score (nSPS) is 16.1. The Labute approximate surface area is 117 Å². The number of nitrogens with two attached hydrogens (primary N) is 2. The predicted octanol–water partition coefficient (Wildman–Crippen LogP) is 1.92. The lowest BCUT2D eigenvalue weighted by Gasteiger charge is -2.30. The molecule has 2 aromatic carbocycles. The first-order valence-corrected chi connectivity index (χ1v) is 6.65. The lowest BCUT2D eigenvalue weighted by Crippen LogP contribution is -2.33. The Bertz CT molecular complexity index is 646. The molecule has 0 bridgehead atoms. The molecule has 0 saturated heterocycles. The molecule has 1 amide bonds. The van der Waals surface area contributed by atoms with Crippen molar-refractivity contribution in [3.8, 4) is 0 Å². The maximum absolute atomic E-state index is 12.1. The molecule has 1 atom stereocenters. The SMILES string of the molecule is Nc1cc(N)cc(C(=O)NCC2Cc3ccccc32)c1. The summed E-state index contributed by atoms with van der Waals surface area (Å²) >= 11 is 0. The van der Waals surface area contributed by atoms with Gasteiger partial charge in [-0.2, -0.15) is 0 Å². The van der Waals surface area contributed by atoms with Crippen molar-refractivity contribution in [1.82, 2.24) is 5.32 Å². The second-order valence-corrected chi connectivity index (χ2v) is 5.20. The molecule has 20 heavy (non-hydrogen) atoms. The largest absolute Gasteiger partial charge is 0.399 e. The van der Waals surface area contributed by atoms with E-state index in [4.69, 9.17) is 11.5 Å². The maximum Gasteiger partial charge on any atom is 0.251 e. The van der Waals surface area contributed by atoms with Crippen LogP contribution in [0, 0.1) is 0 Å². The van der Waals surface area contributed by atoms with Crippen molar-refractivity contribution >= 4 is 17.3 Å². The lowest BCUT2D eigenvalue weighted by molar-refractivity contribution is 0.0950. The fourth-order valence-electron chi connectivity index (χ4n) is 2.67. The van der Waals surface area contributed by atoms with Crippen molar-refractivity contribution in [2.24, 2.45) is 0 Å². The van der Waals surface area contributed by atoms with Crippen molar-refractivity contribution < 1.29 is 4.79 Å². The number of rotatable bonds is 3. The quantitative estimate of drug-likeness (QED) is 0.743. The first-order valence-electron chi connectivity index (χ1n) is 6.65. The highest BCUT2D eigenvalue weighted by Gasteiger charge is 2.25. The average molecular weight is 267 g/mol. The first-order chi connectivity index (χ1) is 9.63. The van der Waals surface area contributed by atoms with Gasteiger partial charge < -0.3 is 16.8 Å². The van der Waals surface area contributed by atoms with Gasteiger partial charge in [-0.3, -0.25) is 4.79 Å². The summed E-state index contributed by atoms with van der Waals surface area (Å²) in [6, 6.07) is 13.2. The van der Waals surface area contributed by atoms with Crippen LogP contribution >= 0.6 is 0 Å². The molecule has 0 saturated carbocycles. The average Bonchev–Trinajstić information content (AvgIpc) is 2.38. The number of nitrogen functional groups attached to an aromatic ring is 2. The van der Waals surface area contributed by atoms with Crippen LogP contribution in [0.25, 0.3) is 0 Å². The molecule has 4 heteroatoms. The Morgan fingerprint density at radius 2 is 1.85 bits per heavy atom. The summed E-state index contributed by atoms with van der Waals surface area (Å²) in [7, 11) is 0. The molecule has 0 radical (unpaired) electrons. The molecule has 2 aromatic rings. The monoisotopic (exact) mass is 267 g/mol. The minimum absolute atomic E-state index is 0.131. The van der Waals surface area contributed by atoms with E-state index in [0.29, 0.717) is 29.4 Å². The Morgan fingerprint density at radius 3 is 2.55 bits per heavy atom. The number of fused-ring (bicyclic) bond motifs is 1. The van der Waals surface area contributed by atoms with Gasteiger partial charge in [0.05, 0.1) is 0 Å². The summed E-state index contributed by atoms with van der Waals surface area (Å²) in [6.07, 6.45) is 1.02. The second kappa shape index (κ2) is 4.89. The van der Waals surface area contributed by atoms with Crippen molar-refractivity contribution in [1.29, 1.82) is 0 Å². The summed E-state index contributed by atoms with van der Waals surface area (Å²) in [5.41, 5.74) is 15.6. The van der Waals surface area contributed by atoms with Gasteiger partial charge in [0.2, 0.25) is 0 Å². The molecule has 0 aromatic heterocycles. The lowest BCUT2D eigenvalue weighted by atomic mass is 9.77. The van der Waals surface area contributed by atoms with Crippen molar-refractivity contribution in [2.45, 2.75) is 12.3 Å². The van der Waals surface area contributed by atoms with Gasteiger partial charge in [-0.1, -0.05) is 24.3 Å². The van der Waals surface area contributed by atoms with E-state index in [-0.39, 0.29) is 5.91 Å². The Kier molecular flexibility index (Phi) is 3.06. The number of benzene rings is 2. The minimum atomic E-state index is -0.131. The Morgan fingerprint density at radius 1 is 1.15 bits per heavy atom. The van der Waals surface area contributed by atoms with Crippen LogP contribution in [0.15, 0.2) is 42.5 Å². The summed E-state index contributed by atoms with van der Waals surface area (Å²) in [6.45, 7) is 0.643. The summed E-state index contributed by atoms with van der Waals surface area (Å²) < 4.78 is 0. The van der Waals surface area contributed by atoms with E-state index in [1.807, 2.05) is 12.1 Å².